The third-order valence-electron chi connectivity index (χ3n) is 7.69. The first-order chi connectivity index (χ1) is 18.8. The Morgan fingerprint density at radius 3 is 2.48 bits per heavy atom. The molecule has 1 amide bonds. The smallest absolute Gasteiger partial charge is 0.274 e. The number of halogens is 2. The minimum Gasteiger partial charge on any atom is -0.474 e. The van der Waals surface area contributed by atoms with Gasteiger partial charge < -0.3 is 24.8 Å². The Morgan fingerprint density at radius 1 is 1.23 bits per heavy atom. The van der Waals surface area contributed by atoms with Gasteiger partial charge in [0.05, 0.1) is 28.3 Å². The van der Waals surface area contributed by atoms with Gasteiger partial charge in [-0.15, -0.1) is 5.10 Å². The number of hydrogen-bond acceptors (Lipinski definition) is 6. The van der Waals surface area contributed by atoms with E-state index in [0.29, 0.717) is 35.8 Å². The zero-order valence-corrected chi connectivity index (χ0v) is 24.7. The summed E-state index contributed by atoms with van der Waals surface area (Å²) in [6, 6.07) is 5.82. The summed E-state index contributed by atoms with van der Waals surface area (Å²) in [5.41, 5.74) is 0.296. The summed E-state index contributed by atoms with van der Waals surface area (Å²) in [6.45, 7) is 7.42. The largest absolute Gasteiger partial charge is 0.474 e. The molecule has 3 aromatic rings. The lowest BCUT2D eigenvalue weighted by atomic mass is 9.90. The summed E-state index contributed by atoms with van der Waals surface area (Å²) >= 11 is 5.87. The van der Waals surface area contributed by atoms with E-state index in [0.717, 1.165) is 18.5 Å². The van der Waals surface area contributed by atoms with Crippen LogP contribution in [-0.4, -0.2) is 47.7 Å². The molecule has 2 aliphatic carbocycles. The number of imidazole rings is 1. The fourth-order valence-corrected chi connectivity index (χ4v) is 6.26. The highest BCUT2D eigenvalue weighted by molar-refractivity contribution is 6.31. The summed E-state index contributed by atoms with van der Waals surface area (Å²) in [5.74, 6) is 0.131. The number of aliphatic hydroxyl groups is 2. The topological polar surface area (TPSA) is 114 Å². The number of nitrogens with one attached hydrogen (secondary N) is 1. The predicted molar refractivity (Wildman–Crippen MR) is 151 cm³/mol. The number of rotatable bonds is 7. The number of hydrogen-bond donors (Lipinski definition) is 3. The maximum absolute atomic E-state index is 13.5. The molecule has 0 saturated heterocycles. The molecule has 11 heteroatoms. The van der Waals surface area contributed by atoms with Crippen LogP contribution in [0, 0.1) is 17.7 Å². The number of benzene rings is 1. The average Bonchev–Trinajstić information content (AvgIpc) is 3.62. The summed E-state index contributed by atoms with van der Waals surface area (Å²) in [4.78, 5) is 17.7. The van der Waals surface area contributed by atoms with E-state index in [1.165, 1.54) is 18.2 Å². The summed E-state index contributed by atoms with van der Waals surface area (Å²) in [5, 5.41) is 28.7. The second kappa shape index (κ2) is 11.5. The van der Waals surface area contributed by atoms with Crippen molar-refractivity contribution < 1.29 is 24.1 Å². The van der Waals surface area contributed by atoms with Crippen LogP contribution in [0.25, 0.3) is 0 Å². The van der Waals surface area contributed by atoms with Gasteiger partial charge in [0.2, 0.25) is 5.88 Å². The van der Waals surface area contributed by atoms with E-state index in [1.54, 1.807) is 49.6 Å². The number of ether oxygens (including phenoxy) is 1. The second-order valence-corrected chi connectivity index (χ2v) is 11.8. The first kappa shape index (κ1) is 30.0. The average molecular weight is 576 g/mol. The maximum atomic E-state index is 13.5. The molecule has 1 aromatic carbocycles. The van der Waals surface area contributed by atoms with Gasteiger partial charge in [0, 0.05) is 31.8 Å². The van der Waals surface area contributed by atoms with Crippen LogP contribution >= 0.6 is 11.6 Å². The number of anilines is 1. The Kier molecular flexibility index (Phi) is 8.63. The summed E-state index contributed by atoms with van der Waals surface area (Å²) in [7, 11) is 3.56. The van der Waals surface area contributed by atoms with Crippen LogP contribution in [0.2, 0.25) is 5.02 Å². The Hall–Kier alpha value is -2.95. The van der Waals surface area contributed by atoms with E-state index in [2.05, 4.69) is 15.4 Å². The fourth-order valence-electron chi connectivity index (χ4n) is 6.08. The van der Waals surface area contributed by atoms with Crippen molar-refractivity contribution in [3.05, 3.63) is 58.5 Å². The third-order valence-corrected chi connectivity index (χ3v) is 7.98. The zero-order chi connectivity index (χ0) is 29.4. The van der Waals surface area contributed by atoms with Gasteiger partial charge in [0.25, 0.3) is 5.91 Å². The minimum atomic E-state index is -1.02. The normalized spacial score (nSPS) is 23.9. The molecule has 2 unspecified atom stereocenters. The van der Waals surface area contributed by atoms with Gasteiger partial charge >= 0.3 is 0 Å². The molecule has 3 N–H and O–H groups in total. The molecule has 5 rings (SSSR count). The van der Waals surface area contributed by atoms with E-state index in [4.69, 9.17) is 16.3 Å². The van der Waals surface area contributed by atoms with Crippen LogP contribution < -0.4 is 10.1 Å². The molecule has 40 heavy (non-hydrogen) atoms. The molecule has 4 atom stereocenters. The van der Waals surface area contributed by atoms with Gasteiger partial charge in [0.15, 0.2) is 0 Å². The third kappa shape index (κ3) is 6.19. The molecule has 0 bridgehead atoms. The Morgan fingerprint density at radius 2 is 1.88 bits per heavy atom. The van der Waals surface area contributed by atoms with E-state index in [-0.39, 0.29) is 35.3 Å². The molecular weight excluding hydrogens is 537 g/mol. The van der Waals surface area contributed by atoms with E-state index >= 15 is 0 Å². The van der Waals surface area contributed by atoms with Gasteiger partial charge in [-0.1, -0.05) is 25.4 Å². The lowest BCUT2D eigenvalue weighted by Crippen LogP contribution is -2.28. The van der Waals surface area contributed by atoms with Gasteiger partial charge in [-0.3, -0.25) is 9.48 Å². The zero-order valence-electron chi connectivity index (χ0n) is 23.9. The molecule has 9 nitrogen and oxygen atoms in total. The Bertz CT molecular complexity index is 1350. The van der Waals surface area contributed by atoms with Crippen molar-refractivity contribution in [2.75, 3.05) is 11.9 Å². The lowest BCUT2D eigenvalue weighted by molar-refractivity contribution is 0.0261. The Balaban J connectivity index is 0.00000181. The minimum absolute atomic E-state index is 0.0616. The van der Waals surface area contributed by atoms with Crippen LogP contribution in [0.1, 0.15) is 81.2 Å². The summed E-state index contributed by atoms with van der Waals surface area (Å²) < 4.78 is 22.5. The molecule has 218 valence electrons. The van der Waals surface area contributed by atoms with Crippen molar-refractivity contribution in [3.8, 4) is 5.88 Å². The number of carbonyl (C=O) groups is 1. The van der Waals surface area contributed by atoms with Gasteiger partial charge in [-0.05, 0) is 69.6 Å². The van der Waals surface area contributed by atoms with Gasteiger partial charge in [-0.25, -0.2) is 9.37 Å². The van der Waals surface area contributed by atoms with Gasteiger partial charge in [-0.2, -0.15) is 0 Å². The number of aryl methyl sites for hydroxylation is 2. The van der Waals surface area contributed by atoms with Crippen molar-refractivity contribution in [3.63, 3.8) is 0 Å². The van der Waals surface area contributed by atoms with Crippen LogP contribution in [0.3, 0.4) is 0 Å². The van der Waals surface area contributed by atoms with Gasteiger partial charge in [0.1, 0.15) is 23.7 Å². The number of aromatic nitrogens is 4. The molecule has 0 radical (unpaired) electrons. The van der Waals surface area contributed by atoms with Crippen molar-refractivity contribution >= 4 is 23.2 Å². The highest BCUT2D eigenvalue weighted by Crippen LogP contribution is 2.57. The molecule has 2 heterocycles. The molecular formula is C29H39ClFN5O4. The van der Waals surface area contributed by atoms with E-state index < -0.39 is 17.0 Å². The van der Waals surface area contributed by atoms with Crippen LogP contribution in [-0.2, 0) is 19.7 Å². The molecule has 2 aliphatic rings. The van der Waals surface area contributed by atoms with Crippen molar-refractivity contribution in [1.82, 2.24) is 19.3 Å². The van der Waals surface area contributed by atoms with Crippen molar-refractivity contribution in [2.45, 2.75) is 70.5 Å². The standard InChI is InChI=1S/C27H33ClFN5O4.C2H6/c1-26(2,36)13-38-22-10-21(34(4)32-22)27(37)11-16-7-15(8-17(16)12-27)23-24(33(3)14-30-23)25(35)31-18-5-6-20(29)19(28)9-18;1-2/h5-6,9-10,14-17,36-37H,7-8,11-13H2,1-4H3,(H,31,35);1-2H3/t15?,16-,17+,27?;. The SMILES string of the molecule is CC.Cn1cnc(C2C[C@@H]3CC(O)(c4cc(OCC(C)(C)O)nn4C)C[C@@H]3C2)c1C(=O)Nc1ccc(F)c(Cl)c1. The van der Waals surface area contributed by atoms with Crippen molar-refractivity contribution in [2.24, 2.45) is 25.9 Å². The maximum Gasteiger partial charge on any atom is 0.274 e. The molecule has 0 aliphatic heterocycles. The second-order valence-electron chi connectivity index (χ2n) is 11.4. The lowest BCUT2D eigenvalue weighted by Gasteiger charge is -2.24. The highest BCUT2D eigenvalue weighted by Gasteiger charge is 2.51. The first-order valence-electron chi connectivity index (χ1n) is 13.7. The molecule has 2 saturated carbocycles. The number of fused-ring (bicyclic) bond motifs is 1. The quantitative estimate of drug-likeness (QED) is 0.358. The fraction of sp³-hybridized carbons (Fsp3) is 0.552. The van der Waals surface area contributed by atoms with Crippen molar-refractivity contribution in [1.29, 1.82) is 0 Å². The van der Waals surface area contributed by atoms with Crippen LogP contribution in [0.4, 0.5) is 10.1 Å². The molecule has 2 fully saturated rings. The molecule has 2 aromatic heterocycles. The number of nitrogens with zero attached hydrogens (tertiary/aromatic N) is 4. The summed E-state index contributed by atoms with van der Waals surface area (Å²) in [6.07, 6.45) is 4.43. The highest BCUT2D eigenvalue weighted by atomic mass is 35.5. The van der Waals surface area contributed by atoms with Crippen LogP contribution in [0.5, 0.6) is 5.88 Å². The monoisotopic (exact) mass is 575 g/mol. The van der Waals surface area contributed by atoms with E-state index in [9.17, 15) is 19.4 Å². The van der Waals surface area contributed by atoms with Crippen LogP contribution in [0.15, 0.2) is 30.6 Å². The number of amides is 1. The predicted octanol–water partition coefficient (Wildman–Crippen LogP) is 5.17. The van der Waals surface area contributed by atoms with E-state index in [1.807, 2.05) is 13.8 Å². The first-order valence-corrected chi connectivity index (χ1v) is 14.1. The Labute approximate surface area is 239 Å². The molecule has 0 spiro atoms. The number of carbonyl (C=O) groups excluding carboxylic acids is 1.